The first-order valence-electron chi connectivity index (χ1n) is 6.29. The van der Waals surface area contributed by atoms with Crippen LogP contribution in [0, 0.1) is 17.7 Å². The highest BCUT2D eigenvalue weighted by molar-refractivity contribution is 7.99. The SMILES string of the molecule is CC(CNC(=O)C(C)CSc1ccc(F)cc1)C(=O)O. The summed E-state index contributed by atoms with van der Waals surface area (Å²) in [5, 5.41) is 11.3. The van der Waals surface area contributed by atoms with Gasteiger partial charge in [0.1, 0.15) is 5.82 Å². The molecule has 4 nitrogen and oxygen atoms in total. The maximum absolute atomic E-state index is 12.7. The molecule has 0 fully saturated rings. The first-order valence-corrected chi connectivity index (χ1v) is 7.27. The summed E-state index contributed by atoms with van der Waals surface area (Å²) in [6, 6.07) is 6.08. The van der Waals surface area contributed by atoms with Gasteiger partial charge in [-0.2, -0.15) is 0 Å². The molecule has 2 unspecified atom stereocenters. The van der Waals surface area contributed by atoms with Gasteiger partial charge in [0.25, 0.3) is 0 Å². The minimum atomic E-state index is -0.932. The monoisotopic (exact) mass is 299 g/mol. The van der Waals surface area contributed by atoms with E-state index < -0.39 is 11.9 Å². The van der Waals surface area contributed by atoms with Crippen LogP contribution in [0.3, 0.4) is 0 Å². The maximum atomic E-state index is 12.7. The smallest absolute Gasteiger partial charge is 0.308 e. The molecule has 0 saturated heterocycles. The van der Waals surface area contributed by atoms with Gasteiger partial charge in [-0.3, -0.25) is 9.59 Å². The number of carboxylic acid groups (broad SMARTS) is 1. The average Bonchev–Trinajstić information content (AvgIpc) is 2.43. The van der Waals surface area contributed by atoms with Crippen LogP contribution < -0.4 is 5.32 Å². The van der Waals surface area contributed by atoms with Gasteiger partial charge < -0.3 is 10.4 Å². The summed E-state index contributed by atoms with van der Waals surface area (Å²) in [4.78, 5) is 23.3. The Hall–Kier alpha value is -1.56. The lowest BCUT2D eigenvalue weighted by Gasteiger charge is -2.13. The highest BCUT2D eigenvalue weighted by Gasteiger charge is 2.16. The number of carboxylic acids is 1. The summed E-state index contributed by atoms with van der Waals surface area (Å²) in [5.74, 6) is -1.69. The quantitative estimate of drug-likeness (QED) is 0.759. The third-order valence-corrected chi connectivity index (χ3v) is 4.04. The Morgan fingerprint density at radius 1 is 1.25 bits per heavy atom. The zero-order valence-corrected chi connectivity index (χ0v) is 12.2. The first-order chi connectivity index (χ1) is 9.40. The Labute approximate surface area is 121 Å². The molecule has 20 heavy (non-hydrogen) atoms. The van der Waals surface area contributed by atoms with Crippen molar-refractivity contribution in [2.24, 2.45) is 11.8 Å². The molecule has 1 aromatic rings. The molecule has 1 amide bonds. The molecule has 6 heteroatoms. The fourth-order valence-electron chi connectivity index (χ4n) is 1.34. The van der Waals surface area contributed by atoms with Crippen LogP contribution in [0.25, 0.3) is 0 Å². The van der Waals surface area contributed by atoms with Crippen LogP contribution in [0.15, 0.2) is 29.2 Å². The van der Waals surface area contributed by atoms with E-state index in [-0.39, 0.29) is 24.2 Å². The third-order valence-electron chi connectivity index (χ3n) is 2.77. The zero-order chi connectivity index (χ0) is 15.1. The predicted octanol–water partition coefficient (Wildman–Crippen LogP) is 2.39. The Morgan fingerprint density at radius 2 is 1.85 bits per heavy atom. The number of hydrogen-bond donors (Lipinski definition) is 2. The lowest BCUT2D eigenvalue weighted by molar-refractivity contribution is -0.141. The van der Waals surface area contributed by atoms with Gasteiger partial charge >= 0.3 is 5.97 Å². The van der Waals surface area contributed by atoms with Crippen molar-refractivity contribution in [3.8, 4) is 0 Å². The minimum Gasteiger partial charge on any atom is -0.481 e. The second kappa shape index (κ2) is 7.89. The highest BCUT2D eigenvalue weighted by atomic mass is 32.2. The van der Waals surface area contributed by atoms with Crippen molar-refractivity contribution in [1.29, 1.82) is 0 Å². The molecule has 0 bridgehead atoms. The van der Waals surface area contributed by atoms with Crippen molar-refractivity contribution >= 4 is 23.6 Å². The summed E-state index contributed by atoms with van der Waals surface area (Å²) in [6.07, 6.45) is 0. The van der Waals surface area contributed by atoms with Crippen molar-refractivity contribution in [3.63, 3.8) is 0 Å². The van der Waals surface area contributed by atoms with E-state index in [1.54, 1.807) is 26.0 Å². The van der Waals surface area contributed by atoms with Crippen LogP contribution in [0.1, 0.15) is 13.8 Å². The number of carbonyl (C=O) groups is 2. The van der Waals surface area contributed by atoms with Gasteiger partial charge in [0, 0.05) is 23.1 Å². The molecule has 0 spiro atoms. The fraction of sp³-hybridized carbons (Fsp3) is 0.429. The zero-order valence-electron chi connectivity index (χ0n) is 11.4. The molecule has 0 aliphatic heterocycles. The molecule has 1 aromatic carbocycles. The van der Waals surface area contributed by atoms with Crippen LogP contribution in [0.4, 0.5) is 4.39 Å². The van der Waals surface area contributed by atoms with Crippen LogP contribution in [-0.2, 0) is 9.59 Å². The van der Waals surface area contributed by atoms with Gasteiger partial charge in [-0.15, -0.1) is 11.8 Å². The molecular formula is C14H18FNO3S. The Kier molecular flexibility index (Phi) is 6.51. The van der Waals surface area contributed by atoms with E-state index in [0.29, 0.717) is 5.75 Å². The summed E-state index contributed by atoms with van der Waals surface area (Å²) < 4.78 is 12.7. The number of aliphatic carboxylic acids is 1. The first kappa shape index (κ1) is 16.5. The normalized spacial score (nSPS) is 13.6. The number of nitrogens with one attached hydrogen (secondary N) is 1. The van der Waals surface area contributed by atoms with Crippen LogP contribution in [0.2, 0.25) is 0 Å². The van der Waals surface area contributed by atoms with E-state index in [9.17, 15) is 14.0 Å². The van der Waals surface area contributed by atoms with E-state index in [0.717, 1.165) is 4.90 Å². The minimum absolute atomic E-state index is 0.125. The van der Waals surface area contributed by atoms with Crippen molar-refractivity contribution in [3.05, 3.63) is 30.1 Å². The molecule has 2 N–H and O–H groups in total. The number of hydrogen-bond acceptors (Lipinski definition) is 3. The van der Waals surface area contributed by atoms with Crippen LogP contribution >= 0.6 is 11.8 Å². The van der Waals surface area contributed by atoms with Gasteiger partial charge in [-0.25, -0.2) is 4.39 Å². The molecule has 0 aliphatic rings. The summed E-state index contributed by atoms with van der Waals surface area (Å²) >= 11 is 1.46. The van der Waals surface area contributed by atoms with Gasteiger partial charge in [0.05, 0.1) is 5.92 Å². The molecule has 0 aromatic heterocycles. The maximum Gasteiger partial charge on any atom is 0.308 e. The molecule has 0 aliphatic carbocycles. The number of amides is 1. The topological polar surface area (TPSA) is 66.4 Å². The average molecular weight is 299 g/mol. The fourth-order valence-corrected chi connectivity index (χ4v) is 2.27. The van der Waals surface area contributed by atoms with Gasteiger partial charge in [0.2, 0.25) is 5.91 Å². The summed E-state index contributed by atoms with van der Waals surface area (Å²) in [6.45, 7) is 3.44. The van der Waals surface area contributed by atoms with E-state index in [1.165, 1.54) is 23.9 Å². The number of thioether (sulfide) groups is 1. The van der Waals surface area contributed by atoms with Gasteiger partial charge in [0.15, 0.2) is 0 Å². The lowest BCUT2D eigenvalue weighted by atomic mass is 10.1. The molecule has 0 radical (unpaired) electrons. The third kappa shape index (κ3) is 5.61. The predicted molar refractivity (Wildman–Crippen MR) is 76.1 cm³/mol. The number of halogens is 1. The number of rotatable bonds is 7. The van der Waals surface area contributed by atoms with Crippen molar-refractivity contribution in [2.75, 3.05) is 12.3 Å². The Bertz CT molecular complexity index is 464. The van der Waals surface area contributed by atoms with Crippen molar-refractivity contribution in [2.45, 2.75) is 18.7 Å². The largest absolute Gasteiger partial charge is 0.481 e. The lowest BCUT2D eigenvalue weighted by Crippen LogP contribution is -2.35. The van der Waals surface area contributed by atoms with E-state index >= 15 is 0 Å². The molecule has 110 valence electrons. The van der Waals surface area contributed by atoms with E-state index in [1.807, 2.05) is 0 Å². The van der Waals surface area contributed by atoms with Gasteiger partial charge in [-0.05, 0) is 24.3 Å². The summed E-state index contributed by atoms with van der Waals surface area (Å²) in [5.41, 5.74) is 0. The highest BCUT2D eigenvalue weighted by Crippen LogP contribution is 2.20. The molecule has 1 rings (SSSR count). The summed E-state index contributed by atoms with van der Waals surface area (Å²) in [7, 11) is 0. The molecular weight excluding hydrogens is 281 g/mol. The Balaban J connectivity index is 2.34. The van der Waals surface area contributed by atoms with Crippen LogP contribution in [-0.4, -0.2) is 29.3 Å². The number of carbonyl (C=O) groups excluding carboxylic acids is 1. The molecule has 2 atom stereocenters. The van der Waals surface area contributed by atoms with Gasteiger partial charge in [-0.1, -0.05) is 13.8 Å². The molecule has 0 heterocycles. The second-order valence-electron chi connectivity index (χ2n) is 4.65. The number of benzene rings is 1. The molecule has 0 saturated carbocycles. The van der Waals surface area contributed by atoms with Crippen molar-refractivity contribution < 1.29 is 19.1 Å². The Morgan fingerprint density at radius 3 is 2.40 bits per heavy atom. The van der Waals surface area contributed by atoms with E-state index in [2.05, 4.69) is 5.32 Å². The second-order valence-corrected chi connectivity index (χ2v) is 5.74. The van der Waals surface area contributed by atoms with Crippen LogP contribution in [0.5, 0.6) is 0 Å². The van der Waals surface area contributed by atoms with E-state index in [4.69, 9.17) is 5.11 Å². The standard InChI is InChI=1S/C14H18FNO3S/c1-9(14(18)19)7-16-13(17)10(2)8-20-12-5-3-11(15)4-6-12/h3-6,9-10H,7-8H2,1-2H3,(H,16,17)(H,18,19). The van der Waals surface area contributed by atoms with Crippen molar-refractivity contribution in [1.82, 2.24) is 5.32 Å².